The van der Waals surface area contributed by atoms with Gasteiger partial charge in [-0.05, 0) is 64.4 Å². The van der Waals surface area contributed by atoms with Crippen LogP contribution in [0.4, 0.5) is 0 Å². The molecule has 8 heteroatoms. The fourth-order valence-corrected chi connectivity index (χ4v) is 5.35. The highest BCUT2D eigenvalue weighted by Crippen LogP contribution is 2.29. The van der Waals surface area contributed by atoms with Crippen LogP contribution in [0.3, 0.4) is 0 Å². The van der Waals surface area contributed by atoms with Gasteiger partial charge in [0, 0.05) is 30.5 Å². The zero-order chi connectivity index (χ0) is 21.0. The van der Waals surface area contributed by atoms with Crippen molar-refractivity contribution in [2.45, 2.75) is 70.6 Å². The van der Waals surface area contributed by atoms with E-state index in [1.807, 2.05) is 19.1 Å². The number of hydrogen-bond donors (Lipinski definition) is 1. The first kappa shape index (κ1) is 22.5. The normalized spacial score (nSPS) is 27.6. The van der Waals surface area contributed by atoms with Gasteiger partial charge in [-0.2, -0.15) is 0 Å². The van der Waals surface area contributed by atoms with E-state index in [4.69, 9.17) is 9.47 Å². The van der Waals surface area contributed by atoms with Gasteiger partial charge in [-0.1, -0.05) is 6.07 Å². The van der Waals surface area contributed by atoms with E-state index in [2.05, 4.69) is 4.72 Å². The number of nitrogens with one attached hydrogen (secondary N) is 1. The van der Waals surface area contributed by atoms with E-state index in [1.165, 1.54) is 6.26 Å². The van der Waals surface area contributed by atoms with Gasteiger partial charge in [0.05, 0.1) is 25.0 Å². The lowest BCUT2D eigenvalue weighted by Gasteiger charge is -2.37. The first-order valence-corrected chi connectivity index (χ1v) is 12.5. The molecule has 1 N–H and O–H groups in total. The lowest BCUT2D eigenvalue weighted by Crippen LogP contribution is -2.49. The summed E-state index contributed by atoms with van der Waals surface area (Å²) in [6, 6.07) is 3.14. The largest absolute Gasteiger partial charge is 0.381 e. The van der Waals surface area contributed by atoms with Crippen LogP contribution >= 0.6 is 0 Å². The third-order valence-corrected chi connectivity index (χ3v) is 6.85. The van der Waals surface area contributed by atoms with Gasteiger partial charge in [0.2, 0.25) is 10.0 Å². The Hall–Kier alpha value is -1.22. The van der Waals surface area contributed by atoms with Gasteiger partial charge < -0.3 is 14.0 Å². The number of pyridine rings is 1. The molecule has 1 fully saturated rings. The maximum absolute atomic E-state index is 12.8. The molecule has 0 bridgehead atoms. The quantitative estimate of drug-likeness (QED) is 0.688. The topological polar surface area (TPSA) is 86.6 Å². The highest BCUT2D eigenvalue weighted by atomic mass is 32.2. The van der Waals surface area contributed by atoms with Crippen molar-refractivity contribution in [1.82, 2.24) is 9.29 Å². The predicted octanol–water partition coefficient (Wildman–Crippen LogP) is 2.17. The van der Waals surface area contributed by atoms with Gasteiger partial charge in [-0.3, -0.25) is 4.79 Å². The second-order valence-corrected chi connectivity index (χ2v) is 10.2. The average molecular weight is 427 g/mol. The van der Waals surface area contributed by atoms with E-state index in [0.29, 0.717) is 30.9 Å². The minimum atomic E-state index is -3.38. The molecule has 1 aromatic heterocycles. The van der Waals surface area contributed by atoms with Crippen molar-refractivity contribution in [3.63, 3.8) is 0 Å². The third kappa shape index (κ3) is 5.90. The smallest absolute Gasteiger partial charge is 0.254 e. The summed E-state index contributed by atoms with van der Waals surface area (Å²) in [5.74, 6) is 0.593. The molecule has 1 saturated carbocycles. The highest BCUT2D eigenvalue weighted by molar-refractivity contribution is 7.88. The maximum atomic E-state index is 12.8. The summed E-state index contributed by atoms with van der Waals surface area (Å²) in [4.78, 5) is 12.8. The highest BCUT2D eigenvalue weighted by Gasteiger charge is 2.33. The Morgan fingerprint density at radius 3 is 2.52 bits per heavy atom. The molecule has 1 aliphatic heterocycles. The van der Waals surface area contributed by atoms with E-state index < -0.39 is 10.0 Å². The Morgan fingerprint density at radius 1 is 1.14 bits per heavy atom. The predicted molar refractivity (Wildman–Crippen MR) is 113 cm³/mol. The summed E-state index contributed by atoms with van der Waals surface area (Å²) in [5.41, 5.74) is 1.55. The number of aryl methyl sites for hydroxylation is 2. The van der Waals surface area contributed by atoms with Crippen LogP contribution in [-0.4, -0.2) is 51.2 Å². The number of ether oxygens (including phenoxy) is 2. The van der Waals surface area contributed by atoms with Crippen molar-refractivity contribution in [2.75, 3.05) is 26.1 Å². The number of fused-ring (bicyclic) bond motifs is 1. The Morgan fingerprint density at radius 2 is 1.86 bits per heavy atom. The van der Waals surface area contributed by atoms with Gasteiger partial charge >= 0.3 is 0 Å². The molecule has 0 aromatic carbocycles. The molecule has 0 radical (unpaired) electrons. The minimum absolute atomic E-state index is 0.0588. The molecule has 3 rings (SSSR count). The van der Waals surface area contributed by atoms with Crippen LogP contribution in [0.15, 0.2) is 16.9 Å². The Kier molecular flexibility index (Phi) is 7.53. The molecule has 0 spiro atoms. The summed E-state index contributed by atoms with van der Waals surface area (Å²) in [7, 11) is -3.38. The molecule has 1 aromatic rings. The van der Waals surface area contributed by atoms with E-state index in [0.717, 1.165) is 44.6 Å². The SMILES string of the molecule is CCOCC1CCC(OCC2C(NS(C)(=O)=O)CCc3ccc(C)c(=O)n32)CC1. The summed E-state index contributed by atoms with van der Waals surface area (Å²) in [5, 5.41) is 0. The molecule has 0 amide bonds. The van der Waals surface area contributed by atoms with Crippen LogP contribution < -0.4 is 10.3 Å². The van der Waals surface area contributed by atoms with Gasteiger partial charge in [0.25, 0.3) is 5.56 Å². The molecular weight excluding hydrogens is 392 g/mol. The van der Waals surface area contributed by atoms with Crippen LogP contribution in [0.25, 0.3) is 0 Å². The fraction of sp³-hybridized carbons (Fsp3) is 0.762. The van der Waals surface area contributed by atoms with Crippen molar-refractivity contribution in [3.05, 3.63) is 33.7 Å². The first-order valence-electron chi connectivity index (χ1n) is 10.7. The van der Waals surface area contributed by atoms with E-state index in [1.54, 1.807) is 11.5 Å². The molecule has 29 heavy (non-hydrogen) atoms. The van der Waals surface area contributed by atoms with Crippen LogP contribution in [-0.2, 0) is 25.9 Å². The second kappa shape index (κ2) is 9.73. The number of hydrogen-bond acceptors (Lipinski definition) is 5. The molecule has 2 unspecified atom stereocenters. The van der Waals surface area contributed by atoms with Crippen LogP contribution in [0.5, 0.6) is 0 Å². The van der Waals surface area contributed by atoms with E-state index >= 15 is 0 Å². The van der Waals surface area contributed by atoms with Crippen molar-refractivity contribution in [2.24, 2.45) is 5.92 Å². The second-order valence-electron chi connectivity index (χ2n) is 8.42. The van der Waals surface area contributed by atoms with E-state index in [-0.39, 0.29) is 23.7 Å². The van der Waals surface area contributed by atoms with Crippen molar-refractivity contribution in [1.29, 1.82) is 0 Å². The Bertz CT molecular complexity index is 843. The monoisotopic (exact) mass is 426 g/mol. The zero-order valence-electron chi connectivity index (χ0n) is 17.7. The molecule has 1 aliphatic carbocycles. The molecule has 2 aliphatic rings. The van der Waals surface area contributed by atoms with Crippen molar-refractivity contribution in [3.8, 4) is 0 Å². The Labute approximate surface area is 173 Å². The minimum Gasteiger partial charge on any atom is -0.381 e. The van der Waals surface area contributed by atoms with Gasteiger partial charge in [0.1, 0.15) is 0 Å². The number of rotatable bonds is 8. The van der Waals surface area contributed by atoms with E-state index in [9.17, 15) is 13.2 Å². The molecule has 2 atom stereocenters. The third-order valence-electron chi connectivity index (χ3n) is 6.12. The Balaban J connectivity index is 1.71. The zero-order valence-corrected chi connectivity index (χ0v) is 18.5. The van der Waals surface area contributed by atoms with Crippen molar-refractivity contribution < 1.29 is 17.9 Å². The molecule has 2 heterocycles. The lowest BCUT2D eigenvalue weighted by atomic mass is 9.88. The van der Waals surface area contributed by atoms with Gasteiger partial charge in [-0.15, -0.1) is 0 Å². The molecule has 0 saturated heterocycles. The number of aromatic nitrogens is 1. The summed E-state index contributed by atoms with van der Waals surface area (Å²) in [6.07, 6.45) is 6.75. The fourth-order valence-electron chi connectivity index (χ4n) is 4.52. The molecule has 164 valence electrons. The summed E-state index contributed by atoms with van der Waals surface area (Å²) < 4.78 is 40.0. The van der Waals surface area contributed by atoms with Crippen molar-refractivity contribution >= 4 is 10.0 Å². The maximum Gasteiger partial charge on any atom is 0.254 e. The van der Waals surface area contributed by atoms with Crippen LogP contribution in [0.2, 0.25) is 0 Å². The summed E-state index contributed by atoms with van der Waals surface area (Å²) in [6.45, 7) is 5.71. The molecular formula is C21H34N2O5S. The summed E-state index contributed by atoms with van der Waals surface area (Å²) >= 11 is 0. The number of sulfonamides is 1. The van der Waals surface area contributed by atoms with Gasteiger partial charge in [-0.25, -0.2) is 13.1 Å². The van der Waals surface area contributed by atoms with Crippen LogP contribution in [0.1, 0.15) is 56.3 Å². The van der Waals surface area contributed by atoms with Crippen LogP contribution in [0, 0.1) is 12.8 Å². The van der Waals surface area contributed by atoms with Gasteiger partial charge in [0.15, 0.2) is 0 Å². The standard InChI is InChI=1S/C21H34N2O5S/c1-4-27-13-16-6-10-18(11-7-16)28-14-20-19(22-29(3,25)26)12-9-17-8-5-15(2)21(24)23(17)20/h5,8,16,18-20,22H,4,6-7,9-14H2,1-3H3. The average Bonchev–Trinajstić information content (AvgIpc) is 2.68. The number of nitrogens with zero attached hydrogens (tertiary/aromatic N) is 1. The molecule has 7 nitrogen and oxygen atoms in total. The lowest BCUT2D eigenvalue weighted by molar-refractivity contribution is -0.0160. The first-order chi connectivity index (χ1) is 13.8.